The first-order chi connectivity index (χ1) is 13.2. The van der Waals surface area contributed by atoms with Crippen molar-refractivity contribution in [1.29, 1.82) is 0 Å². The molecule has 1 aromatic carbocycles. The zero-order valence-electron chi connectivity index (χ0n) is 16.4. The SMILES string of the molecule is CCOc1ccccc1CCNC(=O)c1ccc([C@H](C)N2CCCCC2)o1. The van der Waals surface area contributed by atoms with Gasteiger partial charge in [0, 0.05) is 6.54 Å². The van der Waals surface area contributed by atoms with E-state index < -0.39 is 0 Å². The van der Waals surface area contributed by atoms with E-state index in [1.165, 1.54) is 19.3 Å². The average molecular weight is 370 g/mol. The van der Waals surface area contributed by atoms with Gasteiger partial charge in [0.1, 0.15) is 11.5 Å². The minimum atomic E-state index is -0.166. The summed E-state index contributed by atoms with van der Waals surface area (Å²) in [5, 5.41) is 2.95. The Bertz CT molecular complexity index is 735. The number of furan rings is 1. The molecule has 1 aliphatic rings. The number of ether oxygens (including phenoxy) is 1. The molecule has 0 bridgehead atoms. The largest absolute Gasteiger partial charge is 0.494 e. The summed E-state index contributed by atoms with van der Waals surface area (Å²) in [6.45, 7) is 7.49. The Kier molecular flexibility index (Phi) is 6.93. The lowest BCUT2D eigenvalue weighted by Gasteiger charge is -2.31. The standard InChI is InChI=1S/C22H30N2O3/c1-3-26-20-10-6-5-9-18(20)13-14-23-22(25)21-12-11-19(27-21)17(2)24-15-7-4-8-16-24/h5-6,9-12,17H,3-4,7-8,13-16H2,1-2H3,(H,23,25)/t17-/m0/s1. The van der Waals surface area contributed by atoms with Crippen LogP contribution in [0.3, 0.4) is 0 Å². The van der Waals surface area contributed by atoms with Crippen molar-refractivity contribution in [2.75, 3.05) is 26.2 Å². The van der Waals surface area contributed by atoms with E-state index in [2.05, 4.69) is 17.1 Å². The summed E-state index contributed by atoms with van der Waals surface area (Å²) in [7, 11) is 0. The van der Waals surface area contributed by atoms with Crippen LogP contribution in [0.2, 0.25) is 0 Å². The first kappa shape index (κ1) is 19.5. The highest BCUT2D eigenvalue weighted by atomic mass is 16.5. The lowest BCUT2D eigenvalue weighted by Crippen LogP contribution is -2.32. The minimum absolute atomic E-state index is 0.166. The summed E-state index contributed by atoms with van der Waals surface area (Å²) < 4.78 is 11.5. The molecule has 1 fully saturated rings. The molecule has 2 aromatic rings. The maximum Gasteiger partial charge on any atom is 0.287 e. The third kappa shape index (κ3) is 5.13. The molecule has 146 valence electrons. The first-order valence-corrected chi connectivity index (χ1v) is 10.0. The second-order valence-corrected chi connectivity index (χ2v) is 7.02. The molecule has 0 aliphatic carbocycles. The fourth-order valence-electron chi connectivity index (χ4n) is 3.59. The molecule has 1 aliphatic heterocycles. The molecule has 1 N–H and O–H groups in total. The Balaban J connectivity index is 1.52. The Morgan fingerprint density at radius 1 is 1.19 bits per heavy atom. The lowest BCUT2D eigenvalue weighted by molar-refractivity contribution is 0.0917. The molecule has 1 amide bonds. The predicted octanol–water partition coefficient (Wildman–Crippen LogP) is 4.20. The quantitative estimate of drug-likeness (QED) is 0.757. The maximum atomic E-state index is 12.4. The Morgan fingerprint density at radius 3 is 2.74 bits per heavy atom. The van der Waals surface area contributed by atoms with Gasteiger partial charge in [0.05, 0.1) is 12.6 Å². The maximum absolute atomic E-state index is 12.4. The second-order valence-electron chi connectivity index (χ2n) is 7.02. The van der Waals surface area contributed by atoms with Gasteiger partial charge in [0.15, 0.2) is 5.76 Å². The third-order valence-electron chi connectivity index (χ3n) is 5.15. The number of piperidine rings is 1. The van der Waals surface area contributed by atoms with Gasteiger partial charge >= 0.3 is 0 Å². The molecule has 2 heterocycles. The Labute approximate surface area is 161 Å². The van der Waals surface area contributed by atoms with E-state index in [-0.39, 0.29) is 11.9 Å². The van der Waals surface area contributed by atoms with Gasteiger partial charge in [-0.15, -0.1) is 0 Å². The van der Waals surface area contributed by atoms with Gasteiger partial charge in [-0.05, 0) is 70.0 Å². The minimum Gasteiger partial charge on any atom is -0.494 e. The van der Waals surface area contributed by atoms with Crippen molar-refractivity contribution >= 4 is 5.91 Å². The molecule has 1 atom stereocenters. The normalized spacial score (nSPS) is 16.1. The van der Waals surface area contributed by atoms with Crippen molar-refractivity contribution in [3.63, 3.8) is 0 Å². The van der Waals surface area contributed by atoms with E-state index in [9.17, 15) is 4.79 Å². The highest BCUT2D eigenvalue weighted by Gasteiger charge is 2.22. The van der Waals surface area contributed by atoms with Crippen LogP contribution < -0.4 is 10.1 Å². The number of nitrogens with zero attached hydrogens (tertiary/aromatic N) is 1. The number of carbonyl (C=O) groups excluding carboxylic acids is 1. The molecule has 27 heavy (non-hydrogen) atoms. The fraction of sp³-hybridized carbons (Fsp3) is 0.500. The van der Waals surface area contributed by atoms with Gasteiger partial charge < -0.3 is 14.5 Å². The van der Waals surface area contributed by atoms with E-state index in [0.29, 0.717) is 18.9 Å². The zero-order chi connectivity index (χ0) is 19.1. The van der Waals surface area contributed by atoms with Crippen molar-refractivity contribution < 1.29 is 13.9 Å². The van der Waals surface area contributed by atoms with Gasteiger partial charge in [-0.1, -0.05) is 24.6 Å². The van der Waals surface area contributed by atoms with Gasteiger partial charge in [-0.25, -0.2) is 0 Å². The fourth-order valence-corrected chi connectivity index (χ4v) is 3.59. The predicted molar refractivity (Wildman–Crippen MR) is 106 cm³/mol. The number of carbonyl (C=O) groups is 1. The summed E-state index contributed by atoms with van der Waals surface area (Å²) in [6, 6.07) is 11.9. The van der Waals surface area contributed by atoms with Crippen molar-refractivity contribution in [2.24, 2.45) is 0 Å². The average Bonchev–Trinajstić information content (AvgIpc) is 3.20. The molecule has 0 unspecified atom stereocenters. The highest BCUT2D eigenvalue weighted by Crippen LogP contribution is 2.25. The monoisotopic (exact) mass is 370 g/mol. The molecule has 0 radical (unpaired) electrons. The van der Waals surface area contributed by atoms with Gasteiger partial charge in [0.25, 0.3) is 5.91 Å². The van der Waals surface area contributed by atoms with Crippen molar-refractivity contribution in [2.45, 2.75) is 45.6 Å². The Hall–Kier alpha value is -2.27. The molecule has 0 saturated carbocycles. The molecular weight excluding hydrogens is 340 g/mol. The summed E-state index contributed by atoms with van der Waals surface area (Å²) in [6.07, 6.45) is 4.50. The number of benzene rings is 1. The van der Waals surface area contributed by atoms with Crippen molar-refractivity contribution in [3.05, 3.63) is 53.5 Å². The highest BCUT2D eigenvalue weighted by molar-refractivity contribution is 5.91. The zero-order valence-corrected chi connectivity index (χ0v) is 16.4. The number of hydrogen-bond donors (Lipinski definition) is 1. The van der Waals surface area contributed by atoms with E-state index in [1.807, 2.05) is 37.3 Å². The van der Waals surface area contributed by atoms with E-state index in [1.54, 1.807) is 6.07 Å². The lowest BCUT2D eigenvalue weighted by atomic mass is 10.1. The van der Waals surface area contributed by atoms with Gasteiger partial charge in [-0.3, -0.25) is 9.69 Å². The van der Waals surface area contributed by atoms with Gasteiger partial charge in [0.2, 0.25) is 0 Å². The summed E-state index contributed by atoms with van der Waals surface area (Å²) in [5.74, 6) is 1.96. The number of para-hydroxylation sites is 1. The van der Waals surface area contributed by atoms with Crippen LogP contribution in [0, 0.1) is 0 Å². The molecular formula is C22H30N2O3. The van der Waals surface area contributed by atoms with E-state index in [0.717, 1.165) is 36.6 Å². The van der Waals surface area contributed by atoms with Crippen LogP contribution in [0.5, 0.6) is 5.75 Å². The summed E-state index contributed by atoms with van der Waals surface area (Å²) >= 11 is 0. The van der Waals surface area contributed by atoms with Crippen molar-refractivity contribution in [1.82, 2.24) is 10.2 Å². The van der Waals surface area contributed by atoms with Crippen LogP contribution in [-0.2, 0) is 6.42 Å². The van der Waals surface area contributed by atoms with Crippen LogP contribution in [0.4, 0.5) is 0 Å². The number of likely N-dealkylation sites (tertiary alicyclic amines) is 1. The van der Waals surface area contributed by atoms with E-state index in [4.69, 9.17) is 9.15 Å². The van der Waals surface area contributed by atoms with Crippen LogP contribution in [0.15, 0.2) is 40.8 Å². The Morgan fingerprint density at radius 2 is 1.96 bits per heavy atom. The molecule has 1 saturated heterocycles. The van der Waals surface area contributed by atoms with Crippen LogP contribution in [0.1, 0.15) is 61.0 Å². The van der Waals surface area contributed by atoms with Crippen LogP contribution in [0.25, 0.3) is 0 Å². The van der Waals surface area contributed by atoms with Crippen LogP contribution in [-0.4, -0.2) is 37.0 Å². The molecule has 5 nitrogen and oxygen atoms in total. The summed E-state index contributed by atoms with van der Waals surface area (Å²) in [5.41, 5.74) is 1.10. The topological polar surface area (TPSA) is 54.7 Å². The second kappa shape index (κ2) is 9.60. The van der Waals surface area contributed by atoms with Gasteiger partial charge in [-0.2, -0.15) is 0 Å². The summed E-state index contributed by atoms with van der Waals surface area (Å²) in [4.78, 5) is 14.8. The first-order valence-electron chi connectivity index (χ1n) is 10.0. The molecule has 1 aromatic heterocycles. The molecule has 3 rings (SSSR count). The molecule has 5 heteroatoms. The molecule has 0 spiro atoms. The number of amides is 1. The van der Waals surface area contributed by atoms with E-state index >= 15 is 0 Å². The van der Waals surface area contributed by atoms with Crippen LogP contribution >= 0.6 is 0 Å². The number of hydrogen-bond acceptors (Lipinski definition) is 4. The number of rotatable bonds is 8. The third-order valence-corrected chi connectivity index (χ3v) is 5.15. The van der Waals surface area contributed by atoms with Crippen molar-refractivity contribution in [3.8, 4) is 5.75 Å². The smallest absolute Gasteiger partial charge is 0.287 e. The number of nitrogens with one attached hydrogen (secondary N) is 1.